The molecule has 1 aromatic carbocycles. The number of nitrogens with zero attached hydrogens (tertiary/aromatic N) is 1. The van der Waals surface area contributed by atoms with Crippen LogP contribution in [0.5, 0.6) is 0 Å². The van der Waals surface area contributed by atoms with Gasteiger partial charge >= 0.3 is 0 Å². The van der Waals surface area contributed by atoms with Crippen LogP contribution in [0.3, 0.4) is 0 Å². The van der Waals surface area contributed by atoms with Crippen molar-refractivity contribution in [1.82, 2.24) is 9.46 Å². The van der Waals surface area contributed by atoms with Gasteiger partial charge in [0.1, 0.15) is 0 Å². The maximum absolute atomic E-state index is 13.8. The number of benzene rings is 1. The Morgan fingerprint density at radius 2 is 1.61 bits per heavy atom. The third-order valence-electron chi connectivity index (χ3n) is 8.54. The number of fused-ring (bicyclic) bond motifs is 2. The number of aromatic amines is 1. The fourth-order valence-corrected chi connectivity index (χ4v) is 6.66. The van der Waals surface area contributed by atoms with Crippen molar-refractivity contribution in [3.05, 3.63) is 82.4 Å². The van der Waals surface area contributed by atoms with Crippen LogP contribution in [0.15, 0.2) is 48.5 Å². The van der Waals surface area contributed by atoms with Gasteiger partial charge < -0.3 is 9.46 Å². The number of carbonyl (C=O) groups is 2. The van der Waals surface area contributed by atoms with Crippen molar-refractivity contribution in [3.8, 4) is 0 Å². The smallest absolute Gasteiger partial charge is 0.266 e. The Balaban J connectivity index is 1.46. The molecule has 36 heavy (non-hydrogen) atoms. The van der Waals surface area contributed by atoms with Gasteiger partial charge in [0.25, 0.3) is 6.85 Å². The van der Waals surface area contributed by atoms with Crippen molar-refractivity contribution < 1.29 is 9.59 Å². The van der Waals surface area contributed by atoms with Crippen LogP contribution in [0.1, 0.15) is 115 Å². The molecule has 4 heterocycles. The van der Waals surface area contributed by atoms with Gasteiger partial charge in [0.05, 0.1) is 11.4 Å². The van der Waals surface area contributed by atoms with E-state index >= 15 is 0 Å². The summed E-state index contributed by atoms with van der Waals surface area (Å²) >= 11 is 0. The van der Waals surface area contributed by atoms with Gasteiger partial charge in [0, 0.05) is 29.8 Å². The van der Waals surface area contributed by atoms with Gasteiger partial charge in [-0.1, -0.05) is 88.1 Å². The van der Waals surface area contributed by atoms with E-state index in [9.17, 15) is 9.59 Å². The second kappa shape index (κ2) is 11.1. The lowest BCUT2D eigenvalue weighted by molar-refractivity contribution is 0.0974. The van der Waals surface area contributed by atoms with Gasteiger partial charge in [-0.15, -0.1) is 0 Å². The minimum atomic E-state index is 0.114. The largest absolute Gasteiger partial charge is 0.386 e. The molecule has 188 valence electrons. The predicted octanol–water partition coefficient (Wildman–Crippen LogP) is 7.66. The Bertz CT molecular complexity index is 1180. The van der Waals surface area contributed by atoms with Gasteiger partial charge in [-0.25, -0.2) is 0 Å². The van der Waals surface area contributed by atoms with Crippen molar-refractivity contribution in [2.75, 3.05) is 0 Å². The van der Waals surface area contributed by atoms with Crippen molar-refractivity contribution >= 4 is 18.4 Å². The molecule has 2 fully saturated rings. The highest BCUT2D eigenvalue weighted by molar-refractivity contribution is 6.61. The van der Waals surface area contributed by atoms with E-state index in [2.05, 4.69) is 29.4 Å². The summed E-state index contributed by atoms with van der Waals surface area (Å²) in [7, 11) is 0. The highest BCUT2D eigenvalue weighted by Gasteiger charge is 2.43. The van der Waals surface area contributed by atoms with E-state index in [1.165, 1.54) is 44.2 Å². The van der Waals surface area contributed by atoms with E-state index < -0.39 is 0 Å². The summed E-state index contributed by atoms with van der Waals surface area (Å²) in [6.07, 6.45) is 12.1. The van der Waals surface area contributed by atoms with E-state index in [1.54, 1.807) is 0 Å². The van der Waals surface area contributed by atoms with Gasteiger partial charge in [-0.3, -0.25) is 9.59 Å². The fraction of sp³-hybridized carbons (Fsp3) is 0.484. The molecule has 0 amide bonds. The van der Waals surface area contributed by atoms with Crippen LogP contribution >= 0.6 is 0 Å². The third kappa shape index (κ3) is 5.16. The van der Waals surface area contributed by atoms with Crippen molar-refractivity contribution in [1.29, 1.82) is 0 Å². The number of H-pyrrole nitrogens is 1. The van der Waals surface area contributed by atoms with Crippen molar-refractivity contribution in [2.24, 2.45) is 0 Å². The molecule has 2 saturated heterocycles. The molecule has 5 heteroatoms. The second-order valence-electron chi connectivity index (χ2n) is 11.1. The number of hydrogen-bond donors (Lipinski definition) is 1. The zero-order valence-corrected chi connectivity index (χ0v) is 21.9. The number of aromatic nitrogens is 2. The molecule has 0 aliphatic carbocycles. The molecule has 1 N–H and O–H groups in total. The number of rotatable bonds is 10. The summed E-state index contributed by atoms with van der Waals surface area (Å²) in [5.41, 5.74) is 5.68. The van der Waals surface area contributed by atoms with Crippen LogP contribution < -0.4 is 0 Å². The number of Topliss-reactive ketones (excluding diaryl/α,β-unsaturated/α-hetero) is 1. The first kappa shape index (κ1) is 24.9. The number of hydrogen-bond acceptors (Lipinski definition) is 2. The molecule has 0 unspecified atom stereocenters. The van der Waals surface area contributed by atoms with Crippen molar-refractivity contribution in [3.63, 3.8) is 0 Å². The fourth-order valence-electron chi connectivity index (χ4n) is 6.66. The summed E-state index contributed by atoms with van der Waals surface area (Å²) < 4.78 is 2.42. The number of aryl methyl sites for hydroxylation is 1. The summed E-state index contributed by atoms with van der Waals surface area (Å²) in [5.74, 6) is 1.60. The first-order chi connectivity index (χ1) is 17.5. The normalized spacial score (nSPS) is 19.4. The summed E-state index contributed by atoms with van der Waals surface area (Å²) in [6.45, 7) is 4.61. The van der Waals surface area contributed by atoms with Crippen LogP contribution in [0, 0.1) is 6.92 Å². The highest BCUT2D eigenvalue weighted by atomic mass is 16.1. The Morgan fingerprint density at radius 3 is 2.28 bits per heavy atom. The molecule has 2 aliphatic heterocycles. The maximum atomic E-state index is 13.8. The van der Waals surface area contributed by atoms with Crippen LogP contribution in [-0.4, -0.2) is 27.9 Å². The number of unbranched alkanes of at least 4 members (excludes halogenated alkanes) is 2. The van der Waals surface area contributed by atoms with Gasteiger partial charge in [-0.05, 0) is 49.2 Å². The number of ketones is 2. The Hall–Kier alpha value is -2.82. The maximum Gasteiger partial charge on any atom is 0.266 e. The average Bonchev–Trinajstić information content (AvgIpc) is 3.51. The average molecular weight is 482 g/mol. The van der Waals surface area contributed by atoms with Gasteiger partial charge in [0.2, 0.25) is 5.78 Å². The molecule has 2 aromatic heterocycles. The van der Waals surface area contributed by atoms with Crippen LogP contribution in [0.2, 0.25) is 11.6 Å². The standard InChI is InChI=1S/C31H39BN2O2/c1-3-4-5-12-30(35)28-19-17-26(33-28)21-27-18-20-29(31(36)23-15-13-22(2)14-16-23)34(27)32-24-8-6-9-25(32)11-7-10-24/h13-20,24-25,33H,3-12,21H2,1-2H3. The third-order valence-corrected chi connectivity index (χ3v) is 8.54. The quantitative estimate of drug-likeness (QED) is 0.183. The minimum Gasteiger partial charge on any atom is -0.386 e. The molecule has 3 aromatic rings. The lowest BCUT2D eigenvalue weighted by atomic mass is 9.34. The minimum absolute atomic E-state index is 0.114. The van der Waals surface area contributed by atoms with E-state index in [1.807, 2.05) is 42.5 Å². The molecule has 4 nitrogen and oxygen atoms in total. The highest BCUT2D eigenvalue weighted by Crippen LogP contribution is 2.47. The van der Waals surface area contributed by atoms with Gasteiger partial charge in [0.15, 0.2) is 5.78 Å². The second-order valence-corrected chi connectivity index (χ2v) is 11.1. The first-order valence-electron chi connectivity index (χ1n) is 14.1. The lowest BCUT2D eigenvalue weighted by Crippen LogP contribution is -2.43. The van der Waals surface area contributed by atoms with E-state index in [4.69, 9.17) is 0 Å². The van der Waals surface area contributed by atoms with Crippen LogP contribution in [0.25, 0.3) is 0 Å². The zero-order valence-electron chi connectivity index (χ0n) is 21.9. The molecule has 0 spiro atoms. The van der Waals surface area contributed by atoms with Crippen LogP contribution in [-0.2, 0) is 6.42 Å². The number of nitrogens with one attached hydrogen (secondary N) is 1. The molecule has 5 rings (SSSR count). The molecular weight excluding hydrogens is 443 g/mol. The van der Waals surface area contributed by atoms with Gasteiger partial charge in [-0.2, -0.15) is 0 Å². The Morgan fingerprint density at radius 1 is 0.917 bits per heavy atom. The van der Waals surface area contributed by atoms with Crippen molar-refractivity contribution in [2.45, 2.75) is 96.1 Å². The predicted molar refractivity (Wildman–Crippen MR) is 147 cm³/mol. The SMILES string of the molecule is CCCCCC(=O)c1ccc(Cc2ccc(C(=O)c3ccc(C)cc3)n2B2C3CCCC2CCC3)[nH]1. The zero-order chi connectivity index (χ0) is 25.1. The molecule has 0 radical (unpaired) electrons. The molecule has 2 bridgehead atoms. The molecule has 2 aliphatic rings. The topological polar surface area (TPSA) is 54.9 Å². The summed E-state index contributed by atoms with van der Waals surface area (Å²) in [6, 6.07) is 16.1. The molecule has 0 atom stereocenters. The molecular formula is C31H39BN2O2. The van der Waals surface area contributed by atoms with E-state index in [-0.39, 0.29) is 11.6 Å². The Kier molecular flexibility index (Phi) is 7.64. The number of carbonyl (C=O) groups excluding carboxylic acids is 2. The lowest BCUT2D eigenvalue weighted by Gasteiger charge is -2.42. The van der Waals surface area contributed by atoms with Crippen LogP contribution in [0.4, 0.5) is 0 Å². The van der Waals surface area contributed by atoms with E-state index in [0.29, 0.717) is 37.0 Å². The van der Waals surface area contributed by atoms with E-state index in [0.717, 1.165) is 41.8 Å². The summed E-state index contributed by atoms with van der Waals surface area (Å²) in [5, 5.41) is 0. The summed E-state index contributed by atoms with van der Waals surface area (Å²) in [4.78, 5) is 29.8. The molecule has 0 saturated carbocycles. The monoisotopic (exact) mass is 482 g/mol. The first-order valence-corrected chi connectivity index (χ1v) is 14.1. The Labute approximate surface area is 216 Å².